The Labute approximate surface area is 123 Å². The summed E-state index contributed by atoms with van der Waals surface area (Å²) in [5, 5.41) is 5.52. The normalized spacial score (nSPS) is 12.0. The van der Waals surface area contributed by atoms with E-state index in [0.717, 1.165) is 0 Å². The van der Waals surface area contributed by atoms with E-state index >= 15 is 0 Å². The fraction of sp³-hybridized carbons (Fsp3) is 0.0476. The van der Waals surface area contributed by atoms with E-state index in [1.165, 1.54) is 49.4 Å². The van der Waals surface area contributed by atoms with Gasteiger partial charge in [0.15, 0.2) is 0 Å². The Morgan fingerprint density at radius 3 is 2.05 bits per heavy atom. The van der Waals surface area contributed by atoms with Crippen molar-refractivity contribution in [3.8, 4) is 22.3 Å². The molecule has 0 bridgehead atoms. The lowest BCUT2D eigenvalue weighted by molar-refractivity contribution is 1.54. The average Bonchev–Trinajstić information content (AvgIpc) is 2.85. The van der Waals surface area contributed by atoms with Crippen LogP contribution in [0.5, 0.6) is 0 Å². The van der Waals surface area contributed by atoms with Gasteiger partial charge in [0.25, 0.3) is 0 Å². The van der Waals surface area contributed by atoms with Gasteiger partial charge in [0.05, 0.1) is 0 Å². The first kappa shape index (κ1) is 11.1. The topological polar surface area (TPSA) is 0 Å². The van der Waals surface area contributed by atoms with Crippen LogP contribution in [0.4, 0.5) is 0 Å². The highest BCUT2D eigenvalue weighted by atomic mass is 14.2. The van der Waals surface area contributed by atoms with Crippen LogP contribution < -0.4 is 0 Å². The van der Waals surface area contributed by atoms with E-state index in [1.807, 2.05) is 0 Å². The minimum atomic E-state index is 1.35. The molecule has 21 heavy (non-hydrogen) atoms. The maximum Gasteiger partial charge on any atom is -0.00199 e. The molecule has 1 aliphatic rings. The van der Waals surface area contributed by atoms with Gasteiger partial charge in [-0.05, 0) is 62.4 Å². The van der Waals surface area contributed by atoms with Crippen LogP contribution in [0.25, 0.3) is 43.8 Å². The molecular weight excluding hydrogens is 252 g/mol. The number of hydrogen-bond donors (Lipinski definition) is 0. The zero-order chi connectivity index (χ0) is 14.0. The number of benzene rings is 4. The van der Waals surface area contributed by atoms with E-state index in [1.54, 1.807) is 0 Å². The fourth-order valence-corrected chi connectivity index (χ4v) is 3.78. The molecule has 0 fully saturated rings. The summed E-state index contributed by atoms with van der Waals surface area (Å²) in [6.07, 6.45) is 0. The van der Waals surface area contributed by atoms with E-state index in [-0.39, 0.29) is 0 Å². The van der Waals surface area contributed by atoms with Crippen LogP contribution in [0.3, 0.4) is 0 Å². The number of rotatable bonds is 0. The summed E-state index contributed by atoms with van der Waals surface area (Å²) in [4.78, 5) is 0. The molecule has 0 nitrogen and oxygen atoms in total. The molecule has 0 saturated carbocycles. The van der Waals surface area contributed by atoms with Crippen molar-refractivity contribution < 1.29 is 0 Å². The lowest BCUT2D eigenvalue weighted by Gasteiger charge is -2.09. The lowest BCUT2D eigenvalue weighted by Crippen LogP contribution is -1.83. The molecule has 0 spiro atoms. The Morgan fingerprint density at radius 2 is 1.19 bits per heavy atom. The summed E-state index contributed by atoms with van der Waals surface area (Å²) in [6.45, 7) is 2.20. The Kier molecular flexibility index (Phi) is 1.97. The second-order valence-electron chi connectivity index (χ2n) is 5.87. The Balaban J connectivity index is 2.12. The highest BCUT2D eigenvalue weighted by molar-refractivity contribution is 6.23. The predicted molar refractivity (Wildman–Crippen MR) is 90.6 cm³/mol. The van der Waals surface area contributed by atoms with Gasteiger partial charge in [0.2, 0.25) is 0 Å². The molecule has 0 N–H and O–H groups in total. The van der Waals surface area contributed by atoms with Gasteiger partial charge in [0.1, 0.15) is 0 Å². The van der Waals surface area contributed by atoms with Crippen molar-refractivity contribution in [1.82, 2.24) is 0 Å². The van der Waals surface area contributed by atoms with Crippen LogP contribution in [-0.2, 0) is 0 Å². The molecule has 1 aliphatic carbocycles. The molecule has 0 atom stereocenters. The summed E-state index contributed by atoms with van der Waals surface area (Å²) in [5.74, 6) is 0. The van der Waals surface area contributed by atoms with Gasteiger partial charge in [-0.2, -0.15) is 0 Å². The van der Waals surface area contributed by atoms with Gasteiger partial charge in [-0.3, -0.25) is 0 Å². The molecule has 0 unspecified atom stereocenters. The largest absolute Gasteiger partial charge is 0.0616 e. The standard InChI is InChI=1S/C21H14/c1-13-6-4-9-16-18-11-5-10-17-14-7-2-3-8-15(14)20(21(17)18)12-19(13)16/h2-12H,1H3. The van der Waals surface area contributed by atoms with Crippen LogP contribution >= 0.6 is 0 Å². The van der Waals surface area contributed by atoms with Crippen molar-refractivity contribution in [3.05, 3.63) is 72.3 Å². The average molecular weight is 266 g/mol. The van der Waals surface area contributed by atoms with Crippen molar-refractivity contribution in [3.63, 3.8) is 0 Å². The molecule has 0 saturated heterocycles. The van der Waals surface area contributed by atoms with Crippen molar-refractivity contribution >= 4 is 21.5 Å². The summed E-state index contributed by atoms with van der Waals surface area (Å²) in [5.41, 5.74) is 6.85. The second kappa shape index (κ2) is 3.73. The minimum absolute atomic E-state index is 1.35. The van der Waals surface area contributed by atoms with Gasteiger partial charge in [-0.25, -0.2) is 0 Å². The van der Waals surface area contributed by atoms with Crippen molar-refractivity contribution in [1.29, 1.82) is 0 Å². The van der Waals surface area contributed by atoms with Crippen molar-refractivity contribution in [2.24, 2.45) is 0 Å². The number of hydrogen-bond acceptors (Lipinski definition) is 0. The molecule has 0 heteroatoms. The Bertz CT molecular complexity index is 1040. The van der Waals surface area contributed by atoms with Crippen LogP contribution in [0.2, 0.25) is 0 Å². The maximum absolute atomic E-state index is 2.38. The van der Waals surface area contributed by atoms with Crippen LogP contribution in [0.1, 0.15) is 5.56 Å². The minimum Gasteiger partial charge on any atom is -0.0616 e. The van der Waals surface area contributed by atoms with E-state index < -0.39 is 0 Å². The number of aryl methyl sites for hydroxylation is 1. The third-order valence-corrected chi connectivity index (χ3v) is 4.74. The Hall–Kier alpha value is -2.60. The lowest BCUT2D eigenvalue weighted by atomic mass is 9.94. The third kappa shape index (κ3) is 1.30. The van der Waals surface area contributed by atoms with Crippen molar-refractivity contribution in [2.75, 3.05) is 0 Å². The highest BCUT2D eigenvalue weighted by Gasteiger charge is 2.21. The molecule has 0 aliphatic heterocycles. The van der Waals surface area contributed by atoms with Gasteiger partial charge in [-0.1, -0.05) is 60.7 Å². The summed E-state index contributed by atoms with van der Waals surface area (Å²) in [6, 6.07) is 24.4. The fourth-order valence-electron chi connectivity index (χ4n) is 3.78. The Morgan fingerprint density at radius 1 is 0.524 bits per heavy atom. The molecule has 98 valence electrons. The summed E-state index contributed by atoms with van der Waals surface area (Å²) in [7, 11) is 0. The predicted octanol–water partition coefficient (Wildman–Crippen LogP) is 5.95. The van der Waals surface area contributed by atoms with Gasteiger partial charge in [-0.15, -0.1) is 0 Å². The zero-order valence-corrected chi connectivity index (χ0v) is 11.9. The molecule has 0 heterocycles. The smallest absolute Gasteiger partial charge is 0.00199 e. The third-order valence-electron chi connectivity index (χ3n) is 4.74. The molecule has 4 aromatic rings. The summed E-state index contributed by atoms with van der Waals surface area (Å²) < 4.78 is 0. The molecule has 5 rings (SSSR count). The number of fused-ring (bicyclic) bond motifs is 5. The molecule has 4 aromatic carbocycles. The van der Waals surface area contributed by atoms with Gasteiger partial charge >= 0.3 is 0 Å². The SMILES string of the molecule is Cc1cccc2c1cc1c3c(cccc32)-c2ccccc2-1. The first-order chi connectivity index (χ1) is 10.3. The second-order valence-corrected chi connectivity index (χ2v) is 5.87. The molecule has 0 radical (unpaired) electrons. The maximum atomic E-state index is 2.38. The van der Waals surface area contributed by atoms with E-state index in [0.29, 0.717) is 0 Å². The van der Waals surface area contributed by atoms with E-state index in [9.17, 15) is 0 Å². The van der Waals surface area contributed by atoms with E-state index in [2.05, 4.69) is 73.7 Å². The first-order valence-electron chi connectivity index (χ1n) is 7.39. The van der Waals surface area contributed by atoms with E-state index in [4.69, 9.17) is 0 Å². The van der Waals surface area contributed by atoms with Crippen LogP contribution in [0, 0.1) is 6.92 Å². The van der Waals surface area contributed by atoms with Crippen LogP contribution in [0.15, 0.2) is 66.7 Å². The summed E-state index contributed by atoms with van der Waals surface area (Å²) >= 11 is 0. The molecule has 0 amide bonds. The first-order valence-corrected chi connectivity index (χ1v) is 7.39. The zero-order valence-electron chi connectivity index (χ0n) is 11.9. The molecule has 0 aromatic heterocycles. The monoisotopic (exact) mass is 266 g/mol. The van der Waals surface area contributed by atoms with Crippen molar-refractivity contribution in [2.45, 2.75) is 6.92 Å². The quantitative estimate of drug-likeness (QED) is 0.304. The highest BCUT2D eigenvalue weighted by Crippen LogP contribution is 2.49. The molecular formula is C21H14. The van der Waals surface area contributed by atoms with Gasteiger partial charge in [0, 0.05) is 0 Å². The van der Waals surface area contributed by atoms with Crippen LogP contribution in [-0.4, -0.2) is 0 Å². The van der Waals surface area contributed by atoms with Gasteiger partial charge < -0.3 is 0 Å².